The second-order valence-corrected chi connectivity index (χ2v) is 8.76. The number of aryl methyl sites for hydroxylation is 2. The summed E-state index contributed by atoms with van der Waals surface area (Å²) in [4.78, 5) is 20.0. The van der Waals surface area contributed by atoms with Crippen LogP contribution in [0.3, 0.4) is 0 Å². The normalized spacial score (nSPS) is 17.2. The molecule has 2 aromatic carbocycles. The number of rotatable bonds is 3. The zero-order chi connectivity index (χ0) is 19.1. The number of carbonyl (C=O) groups excluding carboxylic acids is 1. The number of aromatic nitrogens is 1. The average Bonchev–Trinajstić information content (AvgIpc) is 2.97. The minimum Gasteiger partial charge on any atom is -0.308 e. The third-order valence-electron chi connectivity index (χ3n) is 5.31. The van der Waals surface area contributed by atoms with Gasteiger partial charge in [-0.3, -0.25) is 4.79 Å². The van der Waals surface area contributed by atoms with Gasteiger partial charge in [-0.2, -0.15) is 0 Å². The molecule has 0 bridgehead atoms. The number of hydrogen-bond donors (Lipinski definition) is 0. The minimum absolute atomic E-state index is 0.154. The van der Waals surface area contributed by atoms with Crippen molar-refractivity contribution >= 4 is 34.3 Å². The Kier molecular flexibility index (Phi) is 4.68. The van der Waals surface area contributed by atoms with Crippen LogP contribution in [-0.2, 0) is 11.2 Å². The maximum absolute atomic E-state index is 13.2. The molecule has 3 aromatic rings. The van der Waals surface area contributed by atoms with Gasteiger partial charge in [0.15, 0.2) is 0 Å². The molecule has 0 saturated carbocycles. The number of thioether (sulfide) groups is 1. The highest BCUT2D eigenvalue weighted by molar-refractivity contribution is 8.00. The van der Waals surface area contributed by atoms with Crippen LogP contribution in [-0.4, -0.2) is 22.2 Å². The van der Waals surface area contributed by atoms with Crippen LogP contribution in [0.4, 0.5) is 5.69 Å². The number of anilines is 1. The third-order valence-corrected chi connectivity index (χ3v) is 6.32. The smallest absolute Gasteiger partial charge is 0.240 e. The van der Waals surface area contributed by atoms with Gasteiger partial charge in [-0.05, 0) is 62.9 Å². The molecule has 0 N–H and O–H groups in total. The summed E-state index contributed by atoms with van der Waals surface area (Å²) in [7, 11) is 0. The van der Waals surface area contributed by atoms with Crippen LogP contribution in [0.2, 0.25) is 0 Å². The fraction of sp³-hybridized carbons (Fsp3) is 0.304. The molecule has 4 heteroatoms. The monoisotopic (exact) mass is 376 g/mol. The van der Waals surface area contributed by atoms with Crippen LogP contribution in [0.25, 0.3) is 10.9 Å². The van der Waals surface area contributed by atoms with E-state index in [-0.39, 0.29) is 17.2 Å². The molecule has 0 unspecified atom stereocenters. The Morgan fingerprint density at radius 2 is 1.93 bits per heavy atom. The van der Waals surface area contributed by atoms with E-state index in [9.17, 15) is 4.79 Å². The molecular formula is C23H24N2OS. The van der Waals surface area contributed by atoms with Gasteiger partial charge in [0.25, 0.3) is 0 Å². The number of fused-ring (bicyclic) bond motifs is 2. The van der Waals surface area contributed by atoms with Crippen molar-refractivity contribution in [1.29, 1.82) is 0 Å². The second-order valence-electron chi connectivity index (χ2n) is 7.40. The molecule has 27 heavy (non-hydrogen) atoms. The molecule has 1 aliphatic rings. The van der Waals surface area contributed by atoms with E-state index in [1.165, 1.54) is 22.1 Å². The molecular weight excluding hydrogens is 352 g/mol. The number of carbonyl (C=O) groups is 1. The predicted molar refractivity (Wildman–Crippen MR) is 114 cm³/mol. The van der Waals surface area contributed by atoms with Crippen LogP contribution < -0.4 is 4.90 Å². The number of amides is 1. The fourth-order valence-electron chi connectivity index (χ4n) is 3.92. The first kappa shape index (κ1) is 18.1. The molecule has 0 spiro atoms. The minimum atomic E-state index is -0.188. The van der Waals surface area contributed by atoms with E-state index in [1.807, 2.05) is 24.0 Å². The number of benzene rings is 2. The van der Waals surface area contributed by atoms with Gasteiger partial charge in [0.2, 0.25) is 5.91 Å². The fourth-order valence-corrected chi connectivity index (χ4v) is 4.89. The summed E-state index contributed by atoms with van der Waals surface area (Å²) in [5.74, 6) is 0.154. The van der Waals surface area contributed by atoms with Crippen molar-refractivity contribution in [2.24, 2.45) is 0 Å². The number of para-hydroxylation sites is 2. The van der Waals surface area contributed by atoms with Gasteiger partial charge in [0.1, 0.15) is 0 Å². The topological polar surface area (TPSA) is 33.2 Å². The lowest BCUT2D eigenvalue weighted by atomic mass is 10.1. The van der Waals surface area contributed by atoms with E-state index in [2.05, 4.69) is 57.2 Å². The lowest BCUT2D eigenvalue weighted by Crippen LogP contribution is -2.40. The second kappa shape index (κ2) is 7.01. The van der Waals surface area contributed by atoms with Crippen molar-refractivity contribution in [2.75, 3.05) is 4.90 Å². The van der Waals surface area contributed by atoms with E-state index in [1.54, 1.807) is 11.8 Å². The van der Waals surface area contributed by atoms with Crippen LogP contribution in [0.5, 0.6) is 0 Å². The van der Waals surface area contributed by atoms with Gasteiger partial charge in [0.05, 0.1) is 15.8 Å². The van der Waals surface area contributed by atoms with Crippen molar-refractivity contribution in [3.63, 3.8) is 0 Å². The van der Waals surface area contributed by atoms with E-state index in [0.29, 0.717) is 0 Å². The molecule has 0 aliphatic carbocycles. The van der Waals surface area contributed by atoms with Gasteiger partial charge in [-0.25, -0.2) is 4.98 Å². The molecule has 1 aliphatic heterocycles. The van der Waals surface area contributed by atoms with Crippen LogP contribution in [0.15, 0.2) is 53.6 Å². The Balaban J connectivity index is 1.61. The van der Waals surface area contributed by atoms with Crippen molar-refractivity contribution in [2.45, 2.75) is 50.4 Å². The first-order chi connectivity index (χ1) is 13.0. The van der Waals surface area contributed by atoms with Gasteiger partial charge < -0.3 is 4.90 Å². The molecule has 2 heterocycles. The van der Waals surface area contributed by atoms with Gasteiger partial charge >= 0.3 is 0 Å². The first-order valence-electron chi connectivity index (χ1n) is 9.40. The van der Waals surface area contributed by atoms with Crippen molar-refractivity contribution in [3.05, 3.63) is 65.2 Å². The molecule has 138 valence electrons. The van der Waals surface area contributed by atoms with Crippen LogP contribution in [0.1, 0.15) is 30.5 Å². The Morgan fingerprint density at radius 3 is 2.74 bits per heavy atom. The maximum Gasteiger partial charge on any atom is 0.240 e. The van der Waals surface area contributed by atoms with E-state index in [0.717, 1.165) is 22.7 Å². The largest absolute Gasteiger partial charge is 0.308 e. The molecule has 1 aromatic heterocycles. The predicted octanol–water partition coefficient (Wildman–Crippen LogP) is 5.31. The quantitative estimate of drug-likeness (QED) is 0.581. The molecule has 0 fully saturated rings. The summed E-state index contributed by atoms with van der Waals surface area (Å²) in [6.45, 7) is 8.30. The summed E-state index contributed by atoms with van der Waals surface area (Å²) in [5.41, 5.74) is 5.70. The van der Waals surface area contributed by atoms with Gasteiger partial charge in [-0.15, -0.1) is 0 Å². The van der Waals surface area contributed by atoms with Gasteiger partial charge in [0, 0.05) is 17.1 Å². The molecule has 3 nitrogen and oxygen atoms in total. The molecule has 0 radical (unpaired) electrons. The number of hydrogen-bond acceptors (Lipinski definition) is 3. The lowest BCUT2D eigenvalue weighted by molar-refractivity contribution is -0.118. The van der Waals surface area contributed by atoms with Crippen molar-refractivity contribution in [1.82, 2.24) is 4.98 Å². The standard InChI is InChI=1S/C23H24N2OS/c1-14-8-7-10-19-15(2)12-21(24-22(14)19)27-17(4)23(26)25-16(3)13-18-9-5-6-11-20(18)25/h5-12,16-17H,13H2,1-4H3/t16-,17+/m1/s1. The van der Waals surface area contributed by atoms with Crippen LogP contribution in [0, 0.1) is 13.8 Å². The Bertz CT molecular complexity index is 1030. The van der Waals surface area contributed by atoms with Gasteiger partial charge in [-0.1, -0.05) is 48.2 Å². The first-order valence-corrected chi connectivity index (χ1v) is 10.3. The summed E-state index contributed by atoms with van der Waals surface area (Å²) < 4.78 is 0. The zero-order valence-electron chi connectivity index (χ0n) is 16.2. The SMILES string of the molecule is Cc1cc(S[C@@H](C)C(=O)N2c3ccccc3C[C@H]2C)nc2c(C)cccc12. The molecule has 1 amide bonds. The lowest BCUT2D eigenvalue weighted by Gasteiger charge is -2.25. The Labute approximate surface area is 164 Å². The van der Waals surface area contributed by atoms with Crippen LogP contribution >= 0.6 is 11.8 Å². The maximum atomic E-state index is 13.2. The highest BCUT2D eigenvalue weighted by atomic mass is 32.2. The number of nitrogens with zero attached hydrogens (tertiary/aromatic N) is 2. The summed E-state index contributed by atoms with van der Waals surface area (Å²) in [6, 6.07) is 16.8. The Morgan fingerprint density at radius 1 is 1.15 bits per heavy atom. The molecule has 0 saturated heterocycles. The van der Waals surface area contributed by atoms with E-state index < -0.39 is 0 Å². The molecule has 2 atom stereocenters. The summed E-state index contributed by atoms with van der Waals surface area (Å²) in [5, 5.41) is 1.91. The van der Waals surface area contributed by atoms with E-state index in [4.69, 9.17) is 4.98 Å². The Hall–Kier alpha value is -2.33. The summed E-state index contributed by atoms with van der Waals surface area (Å²) in [6.07, 6.45) is 0.922. The average molecular weight is 377 g/mol. The summed E-state index contributed by atoms with van der Waals surface area (Å²) >= 11 is 1.55. The number of pyridine rings is 1. The third kappa shape index (κ3) is 3.23. The highest BCUT2D eigenvalue weighted by Crippen LogP contribution is 2.35. The van der Waals surface area contributed by atoms with E-state index >= 15 is 0 Å². The van der Waals surface area contributed by atoms with Crippen molar-refractivity contribution < 1.29 is 4.79 Å². The molecule has 4 rings (SSSR count). The van der Waals surface area contributed by atoms with Crippen molar-refractivity contribution in [3.8, 4) is 0 Å². The zero-order valence-corrected chi connectivity index (χ0v) is 17.0. The highest BCUT2D eigenvalue weighted by Gasteiger charge is 2.33.